The van der Waals surface area contributed by atoms with E-state index in [-0.39, 0.29) is 11.9 Å². The monoisotopic (exact) mass is 267 g/mol. The molecule has 0 spiro atoms. The van der Waals surface area contributed by atoms with E-state index in [0.717, 1.165) is 11.1 Å². The van der Waals surface area contributed by atoms with Crippen molar-refractivity contribution in [2.24, 2.45) is 0 Å². The van der Waals surface area contributed by atoms with Crippen LogP contribution < -0.4 is 5.32 Å². The minimum atomic E-state index is -0.0267. The maximum atomic E-state index is 12.2. The molecule has 0 aliphatic rings. The first-order valence-electron chi connectivity index (χ1n) is 6.92. The number of aryl methyl sites for hydroxylation is 3. The highest BCUT2D eigenvalue weighted by Gasteiger charge is 2.11. The molecule has 0 saturated carbocycles. The summed E-state index contributed by atoms with van der Waals surface area (Å²) in [6.45, 7) is 8.13. The van der Waals surface area contributed by atoms with Crippen LogP contribution in [-0.2, 0) is 0 Å². The Bertz CT molecular complexity index is 614. The van der Waals surface area contributed by atoms with Gasteiger partial charge in [-0.15, -0.1) is 0 Å². The van der Waals surface area contributed by atoms with E-state index in [1.165, 1.54) is 11.1 Å². The van der Waals surface area contributed by atoms with Gasteiger partial charge in [0.25, 0.3) is 5.91 Å². The zero-order valence-corrected chi connectivity index (χ0v) is 12.5. The second kappa shape index (κ2) is 5.91. The van der Waals surface area contributed by atoms with Gasteiger partial charge in [-0.3, -0.25) is 4.79 Å². The summed E-state index contributed by atoms with van der Waals surface area (Å²) in [5, 5.41) is 3.04. The van der Waals surface area contributed by atoms with E-state index in [2.05, 4.69) is 36.5 Å². The highest BCUT2D eigenvalue weighted by molar-refractivity contribution is 5.94. The zero-order chi connectivity index (χ0) is 14.7. The van der Waals surface area contributed by atoms with Gasteiger partial charge in [0.05, 0.1) is 6.04 Å². The first kappa shape index (κ1) is 14.3. The Morgan fingerprint density at radius 2 is 1.60 bits per heavy atom. The number of hydrogen-bond acceptors (Lipinski definition) is 1. The summed E-state index contributed by atoms with van der Waals surface area (Å²) in [4.78, 5) is 12.2. The first-order chi connectivity index (χ1) is 9.47. The van der Waals surface area contributed by atoms with Gasteiger partial charge >= 0.3 is 0 Å². The minimum Gasteiger partial charge on any atom is -0.346 e. The lowest BCUT2D eigenvalue weighted by Crippen LogP contribution is -2.26. The van der Waals surface area contributed by atoms with Crippen LogP contribution in [0.4, 0.5) is 0 Å². The lowest BCUT2D eigenvalue weighted by atomic mass is 10.0. The Labute approximate surface area is 120 Å². The molecule has 2 aromatic rings. The average molecular weight is 267 g/mol. The van der Waals surface area contributed by atoms with Crippen LogP contribution in [0.1, 0.15) is 45.6 Å². The molecule has 2 heteroatoms. The van der Waals surface area contributed by atoms with Crippen molar-refractivity contribution in [3.63, 3.8) is 0 Å². The maximum Gasteiger partial charge on any atom is 0.251 e. The minimum absolute atomic E-state index is 0.00436. The van der Waals surface area contributed by atoms with Crippen LogP contribution in [0.15, 0.2) is 42.5 Å². The van der Waals surface area contributed by atoms with Crippen molar-refractivity contribution >= 4 is 5.91 Å². The summed E-state index contributed by atoms with van der Waals surface area (Å²) in [6.07, 6.45) is 0. The van der Waals surface area contributed by atoms with Crippen molar-refractivity contribution < 1.29 is 4.79 Å². The van der Waals surface area contributed by atoms with Crippen molar-refractivity contribution in [2.75, 3.05) is 0 Å². The molecule has 1 N–H and O–H groups in total. The van der Waals surface area contributed by atoms with Gasteiger partial charge in [0, 0.05) is 5.56 Å². The highest BCUT2D eigenvalue weighted by Crippen LogP contribution is 2.15. The molecule has 0 aromatic heterocycles. The molecule has 1 atom stereocenters. The van der Waals surface area contributed by atoms with E-state index in [1.807, 2.05) is 39.0 Å². The predicted octanol–water partition coefficient (Wildman–Crippen LogP) is 4.10. The topological polar surface area (TPSA) is 29.1 Å². The molecule has 104 valence electrons. The van der Waals surface area contributed by atoms with Crippen LogP contribution in [0.2, 0.25) is 0 Å². The smallest absolute Gasteiger partial charge is 0.251 e. The average Bonchev–Trinajstić information content (AvgIpc) is 2.42. The molecule has 0 heterocycles. The molecule has 2 rings (SSSR count). The number of rotatable bonds is 3. The van der Waals surface area contributed by atoms with Crippen LogP contribution >= 0.6 is 0 Å². The van der Waals surface area contributed by atoms with Crippen LogP contribution in [0.5, 0.6) is 0 Å². The largest absolute Gasteiger partial charge is 0.346 e. The third-order valence-electron chi connectivity index (χ3n) is 3.69. The molecule has 0 aliphatic heterocycles. The van der Waals surface area contributed by atoms with E-state index in [9.17, 15) is 4.79 Å². The molecule has 1 amide bonds. The van der Waals surface area contributed by atoms with Crippen molar-refractivity contribution in [1.29, 1.82) is 0 Å². The molecular formula is C18H21NO. The molecule has 2 aromatic carbocycles. The lowest BCUT2D eigenvalue weighted by molar-refractivity contribution is 0.0940. The molecule has 0 bridgehead atoms. The summed E-state index contributed by atoms with van der Waals surface area (Å²) in [7, 11) is 0. The molecule has 20 heavy (non-hydrogen) atoms. The van der Waals surface area contributed by atoms with E-state index in [1.54, 1.807) is 0 Å². The van der Waals surface area contributed by atoms with Gasteiger partial charge in [0.1, 0.15) is 0 Å². The fourth-order valence-electron chi connectivity index (χ4n) is 2.10. The zero-order valence-electron chi connectivity index (χ0n) is 12.5. The molecule has 0 saturated heterocycles. The van der Waals surface area contributed by atoms with Crippen molar-refractivity contribution in [3.8, 4) is 0 Å². The quantitative estimate of drug-likeness (QED) is 0.891. The van der Waals surface area contributed by atoms with Crippen molar-refractivity contribution in [3.05, 3.63) is 70.3 Å². The van der Waals surface area contributed by atoms with E-state index >= 15 is 0 Å². The summed E-state index contributed by atoms with van der Waals surface area (Å²) in [5.41, 5.74) is 5.40. The summed E-state index contributed by atoms with van der Waals surface area (Å²) in [6, 6.07) is 14.0. The lowest BCUT2D eigenvalue weighted by Gasteiger charge is -2.15. The third kappa shape index (κ3) is 3.27. The Morgan fingerprint density at radius 1 is 0.950 bits per heavy atom. The van der Waals surface area contributed by atoms with Gasteiger partial charge in [-0.2, -0.15) is 0 Å². The van der Waals surface area contributed by atoms with Crippen LogP contribution in [0, 0.1) is 20.8 Å². The Balaban J connectivity index is 2.10. The van der Waals surface area contributed by atoms with Crippen LogP contribution in [-0.4, -0.2) is 5.91 Å². The van der Waals surface area contributed by atoms with Crippen LogP contribution in [0.3, 0.4) is 0 Å². The van der Waals surface area contributed by atoms with Gasteiger partial charge in [-0.05, 0) is 56.5 Å². The molecule has 0 aliphatic carbocycles. The number of carbonyl (C=O) groups is 1. The summed E-state index contributed by atoms with van der Waals surface area (Å²) in [5.74, 6) is -0.0267. The fraction of sp³-hybridized carbons (Fsp3) is 0.278. The SMILES string of the molecule is Cc1ccc([C@@H](C)NC(=O)c2ccc(C)c(C)c2)cc1. The molecule has 0 fully saturated rings. The predicted molar refractivity (Wildman–Crippen MR) is 83.0 cm³/mol. The van der Waals surface area contributed by atoms with Gasteiger partial charge < -0.3 is 5.32 Å². The van der Waals surface area contributed by atoms with Crippen LogP contribution in [0.25, 0.3) is 0 Å². The van der Waals surface area contributed by atoms with E-state index < -0.39 is 0 Å². The Hall–Kier alpha value is -2.09. The molecular weight excluding hydrogens is 246 g/mol. The van der Waals surface area contributed by atoms with Gasteiger partial charge in [-0.1, -0.05) is 35.9 Å². The number of benzene rings is 2. The van der Waals surface area contributed by atoms with Crippen molar-refractivity contribution in [1.82, 2.24) is 5.32 Å². The molecule has 0 radical (unpaired) electrons. The number of nitrogens with one attached hydrogen (secondary N) is 1. The summed E-state index contributed by atoms with van der Waals surface area (Å²) >= 11 is 0. The molecule has 0 unspecified atom stereocenters. The second-order valence-corrected chi connectivity index (χ2v) is 5.40. The van der Waals surface area contributed by atoms with Gasteiger partial charge in [0.15, 0.2) is 0 Å². The standard InChI is InChI=1S/C18H21NO/c1-12-5-8-16(9-6-12)15(4)19-18(20)17-10-7-13(2)14(3)11-17/h5-11,15H,1-4H3,(H,19,20)/t15-/m1/s1. The Kier molecular flexibility index (Phi) is 4.23. The van der Waals surface area contributed by atoms with Gasteiger partial charge in [-0.25, -0.2) is 0 Å². The summed E-state index contributed by atoms with van der Waals surface area (Å²) < 4.78 is 0. The van der Waals surface area contributed by atoms with E-state index in [0.29, 0.717) is 5.56 Å². The number of hydrogen-bond donors (Lipinski definition) is 1. The van der Waals surface area contributed by atoms with E-state index in [4.69, 9.17) is 0 Å². The van der Waals surface area contributed by atoms with Gasteiger partial charge in [0.2, 0.25) is 0 Å². The second-order valence-electron chi connectivity index (χ2n) is 5.40. The van der Waals surface area contributed by atoms with Crippen molar-refractivity contribution in [2.45, 2.75) is 33.7 Å². The third-order valence-corrected chi connectivity index (χ3v) is 3.69. The number of amides is 1. The fourth-order valence-corrected chi connectivity index (χ4v) is 2.10. The first-order valence-corrected chi connectivity index (χ1v) is 6.92. The maximum absolute atomic E-state index is 12.2. The Morgan fingerprint density at radius 3 is 2.20 bits per heavy atom. The highest BCUT2D eigenvalue weighted by atomic mass is 16.1. The number of carbonyl (C=O) groups excluding carboxylic acids is 1. The molecule has 2 nitrogen and oxygen atoms in total. The normalized spacial score (nSPS) is 12.0.